The number of carbonyl (C=O) groups excluding carboxylic acids is 3. The van der Waals surface area contributed by atoms with Gasteiger partial charge in [0.15, 0.2) is 17.3 Å². The van der Waals surface area contributed by atoms with Gasteiger partial charge in [-0.05, 0) is 59.0 Å². The molecular formula is C34H26ClFN6O5. The summed E-state index contributed by atoms with van der Waals surface area (Å²) in [7, 11) is 1.52. The Kier molecular flexibility index (Phi) is 8.59. The van der Waals surface area contributed by atoms with E-state index in [1.807, 2.05) is 6.07 Å². The third kappa shape index (κ3) is 6.10. The first-order chi connectivity index (χ1) is 22.7. The summed E-state index contributed by atoms with van der Waals surface area (Å²) in [6.45, 7) is 0.152. The second-order valence-corrected chi connectivity index (χ2v) is 11.2. The minimum absolute atomic E-state index is 0.00571. The number of nitrogens with one attached hydrogen (secondary N) is 1. The number of carboxylic acids is 1. The summed E-state index contributed by atoms with van der Waals surface area (Å²) in [6.07, 6.45) is 3.18. The highest BCUT2D eigenvalue weighted by Crippen LogP contribution is 2.38. The maximum atomic E-state index is 14.7. The molecule has 1 aliphatic heterocycles. The molecule has 0 radical (unpaired) electrons. The zero-order valence-corrected chi connectivity index (χ0v) is 25.6. The Morgan fingerprint density at radius 3 is 2.47 bits per heavy atom. The monoisotopic (exact) mass is 652 g/mol. The minimum Gasteiger partial charge on any atom is -0.478 e. The molecule has 0 unspecified atom stereocenters. The van der Waals surface area contributed by atoms with Crippen molar-refractivity contribution in [2.75, 3.05) is 13.6 Å². The molecule has 6 rings (SSSR count). The van der Waals surface area contributed by atoms with E-state index in [0.717, 1.165) is 21.4 Å². The van der Waals surface area contributed by atoms with Crippen molar-refractivity contribution in [1.82, 2.24) is 30.2 Å². The van der Waals surface area contributed by atoms with E-state index >= 15 is 0 Å². The number of pyridine rings is 1. The highest BCUT2D eigenvalue weighted by atomic mass is 35.5. The molecule has 2 N–H and O–H groups in total. The molecule has 1 atom stereocenters. The van der Waals surface area contributed by atoms with Gasteiger partial charge in [0.25, 0.3) is 11.8 Å². The van der Waals surface area contributed by atoms with Gasteiger partial charge < -0.3 is 15.3 Å². The van der Waals surface area contributed by atoms with Crippen LogP contribution in [-0.4, -0.2) is 67.1 Å². The molecule has 236 valence electrons. The maximum absolute atomic E-state index is 14.7. The molecule has 47 heavy (non-hydrogen) atoms. The van der Waals surface area contributed by atoms with Gasteiger partial charge in [-0.15, -0.1) is 5.10 Å². The maximum Gasteiger partial charge on any atom is 0.335 e. The molecule has 0 spiro atoms. The molecule has 3 heterocycles. The number of benzene rings is 3. The van der Waals surface area contributed by atoms with Crippen LogP contribution in [0.15, 0.2) is 85.2 Å². The third-order valence-corrected chi connectivity index (χ3v) is 8.28. The Morgan fingerprint density at radius 1 is 1.00 bits per heavy atom. The van der Waals surface area contributed by atoms with Crippen LogP contribution in [0, 0.1) is 5.82 Å². The molecule has 0 bridgehead atoms. The van der Waals surface area contributed by atoms with Crippen LogP contribution in [0.1, 0.15) is 54.1 Å². The lowest BCUT2D eigenvalue weighted by atomic mass is 9.84. The molecule has 13 heteroatoms. The van der Waals surface area contributed by atoms with Gasteiger partial charge in [-0.25, -0.2) is 13.9 Å². The second-order valence-electron chi connectivity index (χ2n) is 10.8. The van der Waals surface area contributed by atoms with Gasteiger partial charge >= 0.3 is 5.97 Å². The number of hydrogen-bond donors (Lipinski definition) is 2. The van der Waals surface area contributed by atoms with Gasteiger partial charge in [-0.1, -0.05) is 59.3 Å². The normalized spacial score (nSPS) is 13.9. The zero-order chi connectivity index (χ0) is 33.2. The number of nitrogens with zero attached hydrogens (tertiary/aromatic N) is 5. The molecule has 11 nitrogen and oxygen atoms in total. The number of Topliss-reactive ketones (excluding diaryl/α,β-unsaturated/α-hetero) is 1. The van der Waals surface area contributed by atoms with Crippen molar-refractivity contribution in [3.8, 4) is 16.8 Å². The number of ketones is 1. The fourth-order valence-corrected chi connectivity index (χ4v) is 5.85. The lowest BCUT2D eigenvalue weighted by Crippen LogP contribution is -2.44. The van der Waals surface area contributed by atoms with Crippen LogP contribution in [0.2, 0.25) is 5.02 Å². The lowest BCUT2D eigenvalue weighted by molar-refractivity contribution is -0.123. The Hall–Kier alpha value is -5.75. The van der Waals surface area contributed by atoms with Gasteiger partial charge in [0.1, 0.15) is 17.4 Å². The van der Waals surface area contributed by atoms with Gasteiger partial charge in [0.05, 0.1) is 16.8 Å². The molecule has 0 aliphatic carbocycles. The van der Waals surface area contributed by atoms with Crippen molar-refractivity contribution >= 4 is 35.2 Å². The van der Waals surface area contributed by atoms with Crippen LogP contribution in [0.3, 0.4) is 0 Å². The molecular weight excluding hydrogens is 627 g/mol. The average molecular weight is 653 g/mol. The van der Waals surface area contributed by atoms with E-state index in [1.165, 1.54) is 42.4 Å². The first kappa shape index (κ1) is 31.2. The first-order valence-corrected chi connectivity index (χ1v) is 14.9. The summed E-state index contributed by atoms with van der Waals surface area (Å²) in [4.78, 5) is 57.2. The third-order valence-electron chi connectivity index (χ3n) is 7.99. The van der Waals surface area contributed by atoms with E-state index in [1.54, 1.807) is 48.7 Å². The van der Waals surface area contributed by atoms with Crippen molar-refractivity contribution in [3.63, 3.8) is 0 Å². The average Bonchev–Trinajstić information content (AvgIpc) is 3.58. The Morgan fingerprint density at radius 2 is 1.77 bits per heavy atom. The SMILES string of the molecule is CNC(=O)c1ccc(-c2cccc3c2CCN(C(=O)c2cn(-c4cccc(Cl)c4F)nn2)[C@H]3C(=O)Cc2ccc(C(=O)O)cc2)cn1. The zero-order valence-electron chi connectivity index (χ0n) is 24.9. The molecule has 3 aromatic carbocycles. The number of rotatable bonds is 8. The van der Waals surface area contributed by atoms with Crippen molar-refractivity contribution in [3.05, 3.63) is 130 Å². The Balaban J connectivity index is 1.38. The van der Waals surface area contributed by atoms with Crippen LogP contribution in [0.4, 0.5) is 4.39 Å². The standard InChI is InChI=1S/C34H26ClFN6O5/c1-37-32(44)26-13-12-21(17-38-26)22-4-2-5-24-23(22)14-15-41(31(24)29(43)16-19-8-10-20(11-9-19)34(46)47)33(45)27-18-42(40-39-27)28-7-3-6-25(35)30(28)36/h2-13,17-18,31H,14-16H2,1H3,(H,37,44)(H,46,47)/t31-/m1/s1. The second kappa shape index (κ2) is 12.9. The lowest BCUT2D eigenvalue weighted by Gasteiger charge is -2.37. The van der Waals surface area contributed by atoms with Crippen LogP contribution in [0.5, 0.6) is 0 Å². The summed E-state index contributed by atoms with van der Waals surface area (Å²) in [6, 6.07) is 18.2. The van der Waals surface area contributed by atoms with E-state index in [0.29, 0.717) is 17.5 Å². The van der Waals surface area contributed by atoms with E-state index < -0.39 is 23.7 Å². The molecule has 0 fully saturated rings. The van der Waals surface area contributed by atoms with Crippen molar-refractivity contribution in [2.24, 2.45) is 0 Å². The van der Waals surface area contributed by atoms with Crippen LogP contribution in [0.25, 0.3) is 16.8 Å². The van der Waals surface area contributed by atoms with Crippen molar-refractivity contribution in [2.45, 2.75) is 18.9 Å². The Bertz CT molecular complexity index is 2030. The number of carbonyl (C=O) groups is 4. The molecule has 2 aromatic heterocycles. The fourth-order valence-electron chi connectivity index (χ4n) is 5.68. The molecule has 0 saturated carbocycles. The van der Waals surface area contributed by atoms with Gasteiger partial charge in [-0.3, -0.25) is 19.4 Å². The van der Waals surface area contributed by atoms with Gasteiger partial charge in [0, 0.05) is 31.8 Å². The van der Waals surface area contributed by atoms with Crippen LogP contribution < -0.4 is 5.32 Å². The molecule has 0 saturated heterocycles. The van der Waals surface area contributed by atoms with E-state index in [9.17, 15) is 28.7 Å². The first-order valence-electron chi connectivity index (χ1n) is 14.5. The summed E-state index contributed by atoms with van der Waals surface area (Å²) < 4.78 is 15.8. The number of halogens is 2. The van der Waals surface area contributed by atoms with Crippen LogP contribution >= 0.6 is 11.6 Å². The molecule has 2 amide bonds. The summed E-state index contributed by atoms with van der Waals surface area (Å²) >= 11 is 5.93. The smallest absolute Gasteiger partial charge is 0.335 e. The largest absolute Gasteiger partial charge is 0.478 e. The minimum atomic E-state index is -1.09. The molecule has 5 aromatic rings. The van der Waals surface area contributed by atoms with E-state index in [-0.39, 0.29) is 52.3 Å². The summed E-state index contributed by atoms with van der Waals surface area (Å²) in [5.41, 5.74) is 3.81. The number of fused-ring (bicyclic) bond motifs is 1. The number of amides is 2. The van der Waals surface area contributed by atoms with Crippen molar-refractivity contribution < 1.29 is 28.7 Å². The van der Waals surface area contributed by atoms with Gasteiger partial charge in [-0.2, -0.15) is 0 Å². The molecule has 1 aliphatic rings. The van der Waals surface area contributed by atoms with E-state index in [2.05, 4.69) is 20.6 Å². The van der Waals surface area contributed by atoms with Gasteiger partial charge in [0.2, 0.25) is 0 Å². The fraction of sp³-hybridized carbons (Fsp3) is 0.147. The topological polar surface area (TPSA) is 147 Å². The predicted molar refractivity (Wildman–Crippen MR) is 169 cm³/mol. The van der Waals surface area contributed by atoms with E-state index in [4.69, 9.17) is 11.6 Å². The number of aromatic carboxylic acids is 1. The number of carboxylic acid groups (broad SMARTS) is 1. The highest BCUT2D eigenvalue weighted by Gasteiger charge is 2.38. The van der Waals surface area contributed by atoms with Crippen LogP contribution in [-0.2, 0) is 17.6 Å². The quantitative estimate of drug-likeness (QED) is 0.245. The van der Waals surface area contributed by atoms with Crippen molar-refractivity contribution in [1.29, 1.82) is 0 Å². The Labute approximate surface area is 272 Å². The summed E-state index contributed by atoms with van der Waals surface area (Å²) in [5.74, 6) is -3.01. The number of aromatic nitrogens is 4. The summed E-state index contributed by atoms with van der Waals surface area (Å²) in [5, 5.41) is 19.6. The highest BCUT2D eigenvalue weighted by molar-refractivity contribution is 6.30. The predicted octanol–water partition coefficient (Wildman–Crippen LogP) is 4.73. The number of hydrogen-bond acceptors (Lipinski definition) is 7.